The smallest absolute Gasteiger partial charge is 0.211 e. The summed E-state index contributed by atoms with van der Waals surface area (Å²) >= 11 is 0. The van der Waals surface area contributed by atoms with Gasteiger partial charge in [-0.05, 0) is 12.0 Å². The van der Waals surface area contributed by atoms with Gasteiger partial charge in [0.2, 0.25) is 10.0 Å². The molecule has 1 unspecified atom stereocenters. The lowest BCUT2D eigenvalue weighted by molar-refractivity contribution is 0.0395. The van der Waals surface area contributed by atoms with Gasteiger partial charge in [0.15, 0.2) is 0 Å². The summed E-state index contributed by atoms with van der Waals surface area (Å²) in [5, 5.41) is 0. The van der Waals surface area contributed by atoms with Crippen molar-refractivity contribution in [1.29, 1.82) is 0 Å². The average Bonchev–Trinajstić information content (AvgIpc) is 2.29. The largest absolute Gasteiger partial charge is 0.372 e. The van der Waals surface area contributed by atoms with Crippen LogP contribution in [0.3, 0.4) is 0 Å². The third kappa shape index (κ3) is 3.30. The van der Waals surface area contributed by atoms with E-state index >= 15 is 0 Å². The van der Waals surface area contributed by atoms with Gasteiger partial charge >= 0.3 is 0 Å². The molecule has 0 spiro atoms. The van der Waals surface area contributed by atoms with Gasteiger partial charge in [0.05, 0.1) is 18.5 Å². The van der Waals surface area contributed by atoms with Gasteiger partial charge in [-0.2, -0.15) is 0 Å². The second-order valence-electron chi connectivity index (χ2n) is 3.87. The van der Waals surface area contributed by atoms with E-state index in [1.54, 1.807) is 0 Å². The average molecular weight is 241 g/mol. The zero-order chi connectivity index (χ0) is 11.4. The minimum Gasteiger partial charge on any atom is -0.372 e. The molecule has 1 saturated heterocycles. The molecule has 5 heteroatoms. The van der Waals surface area contributed by atoms with E-state index in [-0.39, 0.29) is 11.9 Å². The fourth-order valence-corrected chi connectivity index (χ4v) is 2.77. The normalized spacial score (nSPS) is 24.1. The molecular weight excluding hydrogens is 226 g/mol. The highest BCUT2D eigenvalue weighted by atomic mass is 32.2. The Morgan fingerprint density at radius 3 is 2.69 bits per heavy atom. The van der Waals surface area contributed by atoms with Crippen LogP contribution in [0.1, 0.15) is 12.0 Å². The van der Waals surface area contributed by atoms with E-state index in [4.69, 9.17) is 4.74 Å². The molecule has 1 fully saturated rings. The van der Waals surface area contributed by atoms with E-state index in [1.165, 1.54) is 0 Å². The molecule has 1 aromatic carbocycles. The van der Waals surface area contributed by atoms with Crippen LogP contribution in [-0.2, 0) is 21.4 Å². The van der Waals surface area contributed by atoms with Crippen molar-refractivity contribution >= 4 is 10.0 Å². The summed E-state index contributed by atoms with van der Waals surface area (Å²) in [4.78, 5) is 0. The highest BCUT2D eigenvalue weighted by molar-refractivity contribution is 7.89. The molecule has 88 valence electrons. The van der Waals surface area contributed by atoms with Gasteiger partial charge in [0, 0.05) is 6.54 Å². The van der Waals surface area contributed by atoms with Gasteiger partial charge in [0.1, 0.15) is 0 Å². The van der Waals surface area contributed by atoms with Gasteiger partial charge in [-0.15, -0.1) is 0 Å². The van der Waals surface area contributed by atoms with Crippen molar-refractivity contribution in [3.05, 3.63) is 35.9 Å². The molecule has 0 bridgehead atoms. The van der Waals surface area contributed by atoms with Gasteiger partial charge in [-0.1, -0.05) is 30.3 Å². The molecule has 4 nitrogen and oxygen atoms in total. The summed E-state index contributed by atoms with van der Waals surface area (Å²) in [6, 6.07) is 9.86. The topological polar surface area (TPSA) is 55.4 Å². The third-order valence-corrected chi connectivity index (χ3v) is 3.95. The van der Waals surface area contributed by atoms with Crippen molar-refractivity contribution in [2.24, 2.45) is 0 Å². The summed E-state index contributed by atoms with van der Waals surface area (Å²) in [6.45, 7) is 0.919. The number of nitrogens with one attached hydrogen (secondary N) is 1. The molecule has 16 heavy (non-hydrogen) atoms. The molecule has 1 aromatic rings. The Bertz CT molecular complexity index is 416. The van der Waals surface area contributed by atoms with Crippen LogP contribution in [0.15, 0.2) is 30.3 Å². The number of rotatable bonds is 3. The first-order valence-electron chi connectivity index (χ1n) is 5.28. The van der Waals surface area contributed by atoms with Gasteiger partial charge in [0.25, 0.3) is 0 Å². The van der Waals surface area contributed by atoms with Crippen LogP contribution in [-0.4, -0.2) is 26.8 Å². The number of ether oxygens (including phenoxy) is 1. The lowest BCUT2D eigenvalue weighted by Crippen LogP contribution is -2.41. The van der Waals surface area contributed by atoms with Gasteiger partial charge in [-0.3, -0.25) is 0 Å². The van der Waals surface area contributed by atoms with E-state index in [0.29, 0.717) is 19.6 Å². The van der Waals surface area contributed by atoms with E-state index < -0.39 is 10.0 Å². The van der Waals surface area contributed by atoms with Crippen molar-refractivity contribution in [3.63, 3.8) is 0 Å². The number of benzene rings is 1. The van der Waals surface area contributed by atoms with Crippen molar-refractivity contribution < 1.29 is 13.2 Å². The number of sulfonamides is 1. The van der Waals surface area contributed by atoms with Crippen LogP contribution in [0.4, 0.5) is 0 Å². The lowest BCUT2D eigenvalue weighted by atomic mass is 10.2. The van der Waals surface area contributed by atoms with Crippen LogP contribution < -0.4 is 4.72 Å². The molecule has 0 amide bonds. The second kappa shape index (κ2) is 4.95. The fraction of sp³-hybridized carbons (Fsp3) is 0.455. The zero-order valence-corrected chi connectivity index (χ0v) is 9.74. The third-order valence-electron chi connectivity index (χ3n) is 2.57. The highest BCUT2D eigenvalue weighted by Gasteiger charge is 2.22. The maximum atomic E-state index is 11.1. The standard InChI is InChI=1S/C11H15NO3S/c13-16(14)7-6-11(8-12-16)15-9-10-4-2-1-3-5-10/h1-5,11-12H,6-9H2. The Balaban J connectivity index is 1.80. The number of hydrogen-bond donors (Lipinski definition) is 1. The molecular formula is C11H15NO3S. The van der Waals surface area contributed by atoms with Crippen molar-refractivity contribution in [2.75, 3.05) is 12.3 Å². The maximum absolute atomic E-state index is 11.1. The first-order valence-corrected chi connectivity index (χ1v) is 6.94. The highest BCUT2D eigenvalue weighted by Crippen LogP contribution is 2.10. The maximum Gasteiger partial charge on any atom is 0.211 e. The molecule has 1 aliphatic heterocycles. The summed E-state index contributed by atoms with van der Waals surface area (Å²) in [7, 11) is -3.03. The Labute approximate surface area is 95.7 Å². The van der Waals surface area contributed by atoms with E-state index in [9.17, 15) is 8.42 Å². The van der Waals surface area contributed by atoms with Gasteiger partial charge < -0.3 is 4.74 Å². The van der Waals surface area contributed by atoms with Crippen LogP contribution in [0.5, 0.6) is 0 Å². The molecule has 1 atom stereocenters. The Hall–Kier alpha value is -0.910. The summed E-state index contributed by atoms with van der Waals surface area (Å²) in [5.74, 6) is 0.159. The van der Waals surface area contributed by atoms with Crippen LogP contribution in [0.2, 0.25) is 0 Å². The van der Waals surface area contributed by atoms with Crippen LogP contribution in [0.25, 0.3) is 0 Å². The second-order valence-corrected chi connectivity index (χ2v) is 5.80. The summed E-state index contributed by atoms with van der Waals surface area (Å²) < 4.78 is 30.3. The number of hydrogen-bond acceptors (Lipinski definition) is 3. The Kier molecular flexibility index (Phi) is 3.58. The van der Waals surface area contributed by atoms with Crippen molar-refractivity contribution in [1.82, 2.24) is 4.72 Å². The zero-order valence-electron chi connectivity index (χ0n) is 8.93. The molecule has 0 saturated carbocycles. The quantitative estimate of drug-likeness (QED) is 0.855. The molecule has 0 aliphatic carbocycles. The predicted molar refractivity (Wildman–Crippen MR) is 61.4 cm³/mol. The molecule has 0 radical (unpaired) electrons. The summed E-state index contributed by atoms with van der Waals surface area (Å²) in [5.41, 5.74) is 1.11. The van der Waals surface area contributed by atoms with E-state index in [0.717, 1.165) is 5.56 Å². The van der Waals surface area contributed by atoms with E-state index in [1.807, 2.05) is 30.3 Å². The monoisotopic (exact) mass is 241 g/mol. The SMILES string of the molecule is O=S1(=O)CCC(OCc2ccccc2)CN1. The fourth-order valence-electron chi connectivity index (χ4n) is 1.61. The molecule has 0 aromatic heterocycles. The van der Waals surface area contributed by atoms with Crippen molar-refractivity contribution in [3.8, 4) is 0 Å². The van der Waals surface area contributed by atoms with Crippen molar-refractivity contribution in [2.45, 2.75) is 19.1 Å². The molecule has 1 aliphatic rings. The minimum atomic E-state index is -3.03. The summed E-state index contributed by atoms with van der Waals surface area (Å²) in [6.07, 6.45) is 0.561. The molecule has 1 N–H and O–H groups in total. The van der Waals surface area contributed by atoms with E-state index in [2.05, 4.69) is 4.72 Å². The van der Waals surface area contributed by atoms with Gasteiger partial charge in [-0.25, -0.2) is 13.1 Å². The van der Waals surface area contributed by atoms with Crippen LogP contribution >= 0.6 is 0 Å². The predicted octanol–water partition coefficient (Wildman–Crippen LogP) is 0.895. The molecule has 1 heterocycles. The first kappa shape index (κ1) is 11.6. The Morgan fingerprint density at radius 2 is 2.06 bits per heavy atom. The lowest BCUT2D eigenvalue weighted by Gasteiger charge is -2.23. The Morgan fingerprint density at radius 1 is 1.31 bits per heavy atom. The first-order chi connectivity index (χ1) is 7.66. The molecule has 2 rings (SSSR count). The van der Waals surface area contributed by atoms with Crippen LogP contribution in [0, 0.1) is 0 Å². The minimum absolute atomic E-state index is 0.0104.